The Labute approximate surface area is 189 Å². The molecule has 1 aromatic heterocycles. The van der Waals surface area contributed by atoms with E-state index in [2.05, 4.69) is 10.3 Å². The summed E-state index contributed by atoms with van der Waals surface area (Å²) in [5.74, 6) is -1.09. The lowest BCUT2D eigenvalue weighted by molar-refractivity contribution is -0.143. The summed E-state index contributed by atoms with van der Waals surface area (Å²) in [6, 6.07) is 7.47. The van der Waals surface area contributed by atoms with Crippen LogP contribution in [0, 0.1) is 0 Å². The van der Waals surface area contributed by atoms with Crippen LogP contribution in [0.1, 0.15) is 34.9 Å². The van der Waals surface area contributed by atoms with Crippen LogP contribution in [0.4, 0.5) is 26.3 Å². The predicted octanol–water partition coefficient (Wildman–Crippen LogP) is 4.80. The van der Waals surface area contributed by atoms with Gasteiger partial charge in [0, 0.05) is 36.5 Å². The molecular formula is C23H19F6N3O2. The van der Waals surface area contributed by atoms with Crippen LogP contribution in [0.25, 0.3) is 10.9 Å². The molecule has 1 atom stereocenters. The quantitative estimate of drug-likeness (QED) is 0.526. The summed E-state index contributed by atoms with van der Waals surface area (Å²) >= 11 is 0. The van der Waals surface area contributed by atoms with Crippen LogP contribution in [0.2, 0.25) is 0 Å². The average molecular weight is 483 g/mol. The molecule has 5 nitrogen and oxygen atoms in total. The molecule has 0 radical (unpaired) electrons. The first kappa shape index (κ1) is 23.7. The van der Waals surface area contributed by atoms with Gasteiger partial charge in [-0.15, -0.1) is 0 Å². The highest BCUT2D eigenvalue weighted by molar-refractivity contribution is 5.91. The summed E-state index contributed by atoms with van der Waals surface area (Å²) in [5, 5.41) is 3.37. The molecule has 0 aliphatic carbocycles. The fourth-order valence-electron chi connectivity index (χ4n) is 4.23. The van der Waals surface area contributed by atoms with Crippen molar-refractivity contribution >= 4 is 22.7 Å². The third-order valence-electron chi connectivity index (χ3n) is 5.67. The third kappa shape index (κ3) is 4.73. The lowest BCUT2D eigenvalue weighted by atomic mass is 10.0. The van der Waals surface area contributed by atoms with Crippen LogP contribution in [0.3, 0.4) is 0 Å². The number of H-pyrrole nitrogens is 1. The van der Waals surface area contributed by atoms with Gasteiger partial charge in [-0.05, 0) is 35.4 Å². The Hall–Kier alpha value is -3.50. The van der Waals surface area contributed by atoms with Gasteiger partial charge < -0.3 is 15.2 Å². The number of fused-ring (bicyclic) bond motifs is 3. The smallest absolute Gasteiger partial charge is 0.357 e. The first-order chi connectivity index (χ1) is 15.8. The van der Waals surface area contributed by atoms with Crippen molar-refractivity contribution in [3.05, 3.63) is 70.4 Å². The van der Waals surface area contributed by atoms with Crippen LogP contribution in [-0.2, 0) is 41.5 Å². The van der Waals surface area contributed by atoms with Crippen molar-refractivity contribution < 1.29 is 35.9 Å². The van der Waals surface area contributed by atoms with E-state index in [0.29, 0.717) is 17.8 Å². The molecule has 0 bridgehead atoms. The topological polar surface area (TPSA) is 65.2 Å². The number of halogens is 6. The van der Waals surface area contributed by atoms with Crippen molar-refractivity contribution in [1.29, 1.82) is 0 Å². The molecule has 2 heterocycles. The monoisotopic (exact) mass is 483 g/mol. The molecule has 4 rings (SSSR count). The van der Waals surface area contributed by atoms with Crippen LogP contribution >= 0.6 is 0 Å². The lowest BCUT2D eigenvalue weighted by Gasteiger charge is -2.25. The second kappa shape index (κ2) is 8.37. The first-order valence-electron chi connectivity index (χ1n) is 10.3. The van der Waals surface area contributed by atoms with E-state index in [1.807, 2.05) is 12.1 Å². The van der Waals surface area contributed by atoms with E-state index in [0.717, 1.165) is 21.4 Å². The largest absolute Gasteiger partial charge is 0.416 e. The van der Waals surface area contributed by atoms with Gasteiger partial charge in [-0.1, -0.05) is 18.2 Å². The van der Waals surface area contributed by atoms with Crippen molar-refractivity contribution in [2.24, 2.45) is 0 Å². The Morgan fingerprint density at radius 1 is 1.06 bits per heavy atom. The van der Waals surface area contributed by atoms with Crippen molar-refractivity contribution in [3.8, 4) is 0 Å². The van der Waals surface area contributed by atoms with Crippen molar-refractivity contribution in [2.75, 3.05) is 0 Å². The lowest BCUT2D eigenvalue weighted by Crippen LogP contribution is -2.47. The molecule has 0 saturated heterocycles. The highest BCUT2D eigenvalue weighted by atomic mass is 19.4. The van der Waals surface area contributed by atoms with Gasteiger partial charge in [0.15, 0.2) is 0 Å². The maximum Gasteiger partial charge on any atom is 0.416 e. The average Bonchev–Trinajstić information content (AvgIpc) is 3.01. The van der Waals surface area contributed by atoms with Crippen LogP contribution in [0.5, 0.6) is 0 Å². The zero-order valence-electron chi connectivity index (χ0n) is 17.8. The number of rotatable bonds is 3. The number of aromatic nitrogens is 1. The number of hydrogen-bond donors (Lipinski definition) is 2. The van der Waals surface area contributed by atoms with Gasteiger partial charge >= 0.3 is 12.4 Å². The number of aromatic amines is 1. The summed E-state index contributed by atoms with van der Waals surface area (Å²) in [6.07, 6.45) is -9.87. The van der Waals surface area contributed by atoms with E-state index in [1.165, 1.54) is 6.92 Å². The number of hydrogen-bond acceptors (Lipinski definition) is 2. The number of benzene rings is 2. The molecule has 2 N–H and O–H groups in total. The maximum atomic E-state index is 13.3. The van der Waals surface area contributed by atoms with Crippen molar-refractivity contribution in [1.82, 2.24) is 15.2 Å². The SMILES string of the molecule is CC(=O)N[C@H]1Cc2c([nH]c3ccccc23)CN(Cc2cc(C(F)(F)F)cc(C(F)(F)F)c2)C1=O. The Morgan fingerprint density at radius 3 is 2.26 bits per heavy atom. The first-order valence-corrected chi connectivity index (χ1v) is 10.3. The van der Waals surface area contributed by atoms with Crippen LogP contribution in [-0.4, -0.2) is 27.7 Å². The third-order valence-corrected chi connectivity index (χ3v) is 5.67. The Balaban J connectivity index is 1.77. The van der Waals surface area contributed by atoms with Gasteiger partial charge in [0.25, 0.3) is 0 Å². The number of nitrogens with one attached hydrogen (secondary N) is 2. The summed E-state index contributed by atoms with van der Waals surface area (Å²) in [6.45, 7) is 0.647. The summed E-state index contributed by atoms with van der Waals surface area (Å²) < 4.78 is 79.7. The highest BCUT2D eigenvalue weighted by Crippen LogP contribution is 2.37. The van der Waals surface area contributed by atoms with E-state index in [1.54, 1.807) is 12.1 Å². The van der Waals surface area contributed by atoms with Crippen molar-refractivity contribution in [3.63, 3.8) is 0 Å². The normalized spacial score (nSPS) is 17.0. The van der Waals surface area contributed by atoms with E-state index < -0.39 is 47.9 Å². The summed E-state index contributed by atoms with van der Waals surface area (Å²) in [5.41, 5.74) is -1.11. The minimum atomic E-state index is -5.00. The molecule has 0 unspecified atom stereocenters. The molecule has 3 aromatic rings. The molecule has 180 valence electrons. The predicted molar refractivity (Wildman–Crippen MR) is 110 cm³/mol. The van der Waals surface area contributed by atoms with Gasteiger partial charge in [0.05, 0.1) is 17.7 Å². The van der Waals surface area contributed by atoms with Gasteiger partial charge in [-0.2, -0.15) is 26.3 Å². The van der Waals surface area contributed by atoms with Gasteiger partial charge in [0.1, 0.15) is 6.04 Å². The standard InChI is InChI=1S/C23H19F6N3O2/c1-12(33)30-19-9-17-16-4-2-3-5-18(16)31-20(17)11-32(21(19)34)10-13-6-14(22(24,25)26)8-15(7-13)23(27,28)29/h2-8,19,31H,9-11H2,1H3,(H,30,33)/t19-/m0/s1. The molecule has 34 heavy (non-hydrogen) atoms. The minimum absolute atomic E-state index is 0.0453. The summed E-state index contributed by atoms with van der Waals surface area (Å²) in [4.78, 5) is 29.2. The Bertz CT molecular complexity index is 1230. The molecule has 11 heteroatoms. The number of para-hydroxylation sites is 1. The summed E-state index contributed by atoms with van der Waals surface area (Å²) in [7, 11) is 0. The molecule has 0 spiro atoms. The molecule has 1 aliphatic heterocycles. The van der Waals surface area contributed by atoms with Crippen LogP contribution < -0.4 is 5.32 Å². The number of carbonyl (C=O) groups excluding carboxylic acids is 2. The molecular weight excluding hydrogens is 464 g/mol. The zero-order valence-corrected chi connectivity index (χ0v) is 17.8. The molecule has 1 aliphatic rings. The van der Waals surface area contributed by atoms with E-state index in [9.17, 15) is 35.9 Å². The minimum Gasteiger partial charge on any atom is -0.357 e. The van der Waals surface area contributed by atoms with Gasteiger partial charge in [0.2, 0.25) is 11.8 Å². The molecule has 2 amide bonds. The number of amides is 2. The highest BCUT2D eigenvalue weighted by Gasteiger charge is 2.38. The molecule has 2 aromatic carbocycles. The molecule has 0 fully saturated rings. The van der Waals surface area contributed by atoms with Gasteiger partial charge in [-0.25, -0.2) is 0 Å². The van der Waals surface area contributed by atoms with E-state index in [4.69, 9.17) is 0 Å². The maximum absolute atomic E-state index is 13.3. The Morgan fingerprint density at radius 2 is 1.68 bits per heavy atom. The van der Waals surface area contributed by atoms with Crippen LogP contribution in [0.15, 0.2) is 42.5 Å². The van der Waals surface area contributed by atoms with Crippen molar-refractivity contribution in [2.45, 2.75) is 44.8 Å². The zero-order chi connectivity index (χ0) is 24.8. The fraction of sp³-hybridized carbons (Fsp3) is 0.304. The second-order valence-corrected chi connectivity index (χ2v) is 8.19. The van der Waals surface area contributed by atoms with E-state index >= 15 is 0 Å². The van der Waals surface area contributed by atoms with E-state index in [-0.39, 0.29) is 24.6 Å². The molecule has 0 saturated carbocycles. The Kier molecular flexibility index (Phi) is 5.82. The van der Waals surface area contributed by atoms with Gasteiger partial charge in [-0.3, -0.25) is 9.59 Å². The number of nitrogens with zero attached hydrogens (tertiary/aromatic N) is 1. The fourth-order valence-corrected chi connectivity index (χ4v) is 4.23. The number of alkyl halides is 6. The second-order valence-electron chi connectivity index (χ2n) is 8.19. The number of carbonyl (C=O) groups is 2.